The molecule has 0 atom stereocenters. The third-order valence-electron chi connectivity index (χ3n) is 5.54. The Bertz CT molecular complexity index is 720. The van der Waals surface area contributed by atoms with Gasteiger partial charge in [-0.3, -0.25) is 4.79 Å². The monoisotopic (exact) mass is 388 g/mol. The quantitative estimate of drug-likeness (QED) is 0.556. The van der Waals surface area contributed by atoms with Crippen molar-refractivity contribution in [3.63, 3.8) is 0 Å². The summed E-state index contributed by atoms with van der Waals surface area (Å²) in [4.78, 5) is 26.7. The van der Waals surface area contributed by atoms with E-state index in [0.717, 1.165) is 37.2 Å². The van der Waals surface area contributed by atoms with Crippen molar-refractivity contribution >= 4 is 23.3 Å². The zero-order valence-corrected chi connectivity index (χ0v) is 18.2. The van der Waals surface area contributed by atoms with Crippen LogP contribution in [0.1, 0.15) is 87.7 Å². The van der Waals surface area contributed by atoms with Gasteiger partial charge in [0.15, 0.2) is 0 Å². The molecule has 0 saturated heterocycles. The maximum atomic E-state index is 12.7. The number of nitrogens with zero attached hydrogens (tertiary/aromatic N) is 1. The summed E-state index contributed by atoms with van der Waals surface area (Å²) in [5.41, 5.74) is 3.11. The van der Waals surface area contributed by atoms with Crippen molar-refractivity contribution in [3.05, 3.63) is 22.8 Å². The van der Waals surface area contributed by atoms with E-state index in [1.807, 2.05) is 20.8 Å². The number of nitrogens with one attached hydrogen (secondary N) is 1. The number of rotatable bonds is 9. The van der Waals surface area contributed by atoms with Crippen molar-refractivity contribution in [2.75, 3.05) is 23.3 Å². The highest BCUT2D eigenvalue weighted by atomic mass is 16.4. The molecule has 2 N–H and O–H groups in total. The van der Waals surface area contributed by atoms with Gasteiger partial charge in [0, 0.05) is 18.5 Å². The lowest BCUT2D eigenvalue weighted by atomic mass is 9.94. The van der Waals surface area contributed by atoms with E-state index in [-0.39, 0.29) is 11.5 Å². The average molecular weight is 389 g/mol. The van der Waals surface area contributed by atoms with Crippen molar-refractivity contribution in [2.45, 2.75) is 79.6 Å². The molecule has 5 nitrogen and oxygen atoms in total. The summed E-state index contributed by atoms with van der Waals surface area (Å²) < 4.78 is 0. The third-order valence-corrected chi connectivity index (χ3v) is 5.54. The number of anilines is 2. The fourth-order valence-corrected chi connectivity index (χ4v) is 3.73. The Balaban J connectivity index is 2.25. The van der Waals surface area contributed by atoms with Crippen LogP contribution in [0.15, 0.2) is 6.07 Å². The molecular formula is C23H36N2O3. The number of fused-ring (bicyclic) bond motifs is 1. The highest BCUT2D eigenvalue weighted by Crippen LogP contribution is 2.40. The van der Waals surface area contributed by atoms with Crippen molar-refractivity contribution < 1.29 is 14.7 Å². The van der Waals surface area contributed by atoms with Gasteiger partial charge in [-0.2, -0.15) is 0 Å². The summed E-state index contributed by atoms with van der Waals surface area (Å²) in [6.07, 6.45) is 8.26. The largest absolute Gasteiger partial charge is 0.478 e. The summed E-state index contributed by atoms with van der Waals surface area (Å²) in [7, 11) is 0. The lowest BCUT2D eigenvalue weighted by Crippen LogP contribution is -2.30. The lowest BCUT2D eigenvalue weighted by molar-refractivity contribution is -0.123. The Labute approximate surface area is 169 Å². The number of carbonyl (C=O) groups excluding carboxylic acids is 1. The highest BCUT2D eigenvalue weighted by molar-refractivity contribution is 6.02. The first kappa shape index (κ1) is 22.3. The summed E-state index contributed by atoms with van der Waals surface area (Å²) in [5, 5.41) is 12.6. The van der Waals surface area contributed by atoms with Gasteiger partial charge in [-0.25, -0.2) is 4.79 Å². The summed E-state index contributed by atoms with van der Waals surface area (Å²) in [6, 6.07) is 1.79. The molecule has 1 heterocycles. The Hall–Kier alpha value is -2.04. The number of amides is 1. The minimum Gasteiger partial charge on any atom is -0.478 e. The minimum atomic E-state index is -0.944. The molecular weight excluding hydrogens is 352 g/mol. The van der Waals surface area contributed by atoms with Gasteiger partial charge in [0.2, 0.25) is 5.91 Å². The average Bonchev–Trinajstić information content (AvgIpc) is 3.01. The molecule has 1 amide bonds. The molecule has 1 aliphatic rings. The molecule has 0 radical (unpaired) electrons. The van der Waals surface area contributed by atoms with E-state index in [1.54, 1.807) is 13.0 Å². The van der Waals surface area contributed by atoms with Gasteiger partial charge in [0.25, 0.3) is 0 Å². The molecule has 0 aromatic heterocycles. The molecule has 1 aliphatic heterocycles. The Morgan fingerprint density at radius 2 is 1.79 bits per heavy atom. The van der Waals surface area contributed by atoms with Crippen LogP contribution in [-0.4, -0.2) is 30.1 Å². The number of unbranched alkanes of at least 4 members (excludes halogenated alkanes) is 5. The van der Waals surface area contributed by atoms with Gasteiger partial charge >= 0.3 is 5.97 Å². The molecule has 28 heavy (non-hydrogen) atoms. The fraction of sp³-hybridized carbons (Fsp3) is 0.652. The number of benzene rings is 1. The first-order valence-corrected chi connectivity index (χ1v) is 10.6. The van der Waals surface area contributed by atoms with Crippen molar-refractivity contribution in [2.24, 2.45) is 5.41 Å². The molecule has 0 saturated carbocycles. The van der Waals surface area contributed by atoms with Gasteiger partial charge in [0.05, 0.1) is 16.9 Å². The van der Waals surface area contributed by atoms with Crippen LogP contribution in [0.5, 0.6) is 0 Å². The van der Waals surface area contributed by atoms with Crippen LogP contribution < -0.4 is 10.2 Å². The topological polar surface area (TPSA) is 69.6 Å². The van der Waals surface area contributed by atoms with Gasteiger partial charge in [-0.15, -0.1) is 0 Å². The number of carbonyl (C=O) groups is 2. The molecule has 0 aliphatic carbocycles. The van der Waals surface area contributed by atoms with Crippen molar-refractivity contribution in [1.82, 2.24) is 0 Å². The molecule has 5 heteroatoms. The second-order valence-electron chi connectivity index (χ2n) is 8.95. The van der Waals surface area contributed by atoms with Crippen LogP contribution in [0.25, 0.3) is 0 Å². The van der Waals surface area contributed by atoms with E-state index >= 15 is 0 Å². The smallest absolute Gasteiger partial charge is 0.336 e. The normalized spacial score (nSPS) is 13.5. The van der Waals surface area contributed by atoms with E-state index in [1.165, 1.54) is 32.1 Å². The summed E-state index contributed by atoms with van der Waals surface area (Å²) >= 11 is 0. The standard InChI is InChI=1S/C23H36N2O3/c1-6-7-8-9-10-11-13-25-14-12-17-15-18(21(26)27)16(2)19(20(17)25)24-22(28)23(3,4)5/h15H,6-14H2,1-5H3,(H,24,28)(H,26,27). The van der Waals surface area contributed by atoms with Gasteiger partial charge < -0.3 is 15.3 Å². The van der Waals surface area contributed by atoms with Crippen LogP contribution in [0.2, 0.25) is 0 Å². The molecule has 0 fully saturated rings. The van der Waals surface area contributed by atoms with E-state index in [0.29, 0.717) is 11.3 Å². The van der Waals surface area contributed by atoms with E-state index < -0.39 is 11.4 Å². The molecule has 0 spiro atoms. The number of carboxylic acids is 1. The molecule has 0 unspecified atom stereocenters. The fourth-order valence-electron chi connectivity index (χ4n) is 3.73. The molecule has 156 valence electrons. The van der Waals surface area contributed by atoms with Crippen molar-refractivity contribution in [3.8, 4) is 0 Å². The Morgan fingerprint density at radius 1 is 1.14 bits per heavy atom. The predicted octanol–water partition coefficient (Wildman–Crippen LogP) is 5.40. The maximum Gasteiger partial charge on any atom is 0.336 e. The first-order chi connectivity index (χ1) is 13.2. The summed E-state index contributed by atoms with van der Waals surface area (Å²) in [5.74, 6) is -1.03. The van der Waals surface area contributed by atoms with Crippen LogP contribution >= 0.6 is 0 Å². The molecule has 1 aromatic rings. The number of carboxylic acid groups (broad SMARTS) is 1. The summed E-state index contributed by atoms with van der Waals surface area (Å²) in [6.45, 7) is 11.5. The Kier molecular flexibility index (Phi) is 7.50. The Morgan fingerprint density at radius 3 is 2.39 bits per heavy atom. The predicted molar refractivity (Wildman–Crippen MR) is 116 cm³/mol. The van der Waals surface area contributed by atoms with Crippen LogP contribution in [0.4, 0.5) is 11.4 Å². The molecule has 1 aromatic carbocycles. The molecule has 2 rings (SSSR count). The van der Waals surface area contributed by atoms with E-state index in [2.05, 4.69) is 17.1 Å². The minimum absolute atomic E-state index is 0.0910. The van der Waals surface area contributed by atoms with Crippen LogP contribution in [0, 0.1) is 12.3 Å². The highest BCUT2D eigenvalue weighted by Gasteiger charge is 2.30. The molecule has 0 bridgehead atoms. The second-order valence-corrected chi connectivity index (χ2v) is 8.95. The number of aromatic carboxylic acids is 1. The van der Waals surface area contributed by atoms with Crippen LogP contribution in [0.3, 0.4) is 0 Å². The first-order valence-electron chi connectivity index (χ1n) is 10.6. The number of hydrogen-bond acceptors (Lipinski definition) is 3. The van der Waals surface area contributed by atoms with Crippen molar-refractivity contribution in [1.29, 1.82) is 0 Å². The maximum absolute atomic E-state index is 12.7. The lowest BCUT2D eigenvalue weighted by Gasteiger charge is -2.26. The van der Waals surface area contributed by atoms with Crippen LogP contribution in [-0.2, 0) is 11.2 Å². The number of hydrogen-bond donors (Lipinski definition) is 2. The van der Waals surface area contributed by atoms with E-state index in [9.17, 15) is 14.7 Å². The van der Waals surface area contributed by atoms with Gasteiger partial charge in [-0.1, -0.05) is 59.8 Å². The second kappa shape index (κ2) is 9.44. The SMILES string of the molecule is CCCCCCCCN1CCc2cc(C(=O)O)c(C)c(NC(=O)C(C)(C)C)c21. The van der Waals surface area contributed by atoms with E-state index in [4.69, 9.17) is 0 Å². The van der Waals surface area contributed by atoms with Gasteiger partial charge in [0.1, 0.15) is 0 Å². The zero-order valence-electron chi connectivity index (χ0n) is 18.2. The van der Waals surface area contributed by atoms with Gasteiger partial charge in [-0.05, 0) is 37.0 Å². The third kappa shape index (κ3) is 5.27. The zero-order chi connectivity index (χ0) is 20.9.